The summed E-state index contributed by atoms with van der Waals surface area (Å²) >= 11 is 0. The number of carbonyl (C=O) groups excluding carboxylic acids is 1. The van der Waals surface area contributed by atoms with Gasteiger partial charge in [-0.3, -0.25) is 4.79 Å². The molecular formula is C13H23NO4. The molecule has 1 aliphatic rings. The van der Waals surface area contributed by atoms with Gasteiger partial charge in [-0.15, -0.1) is 0 Å². The van der Waals surface area contributed by atoms with E-state index < -0.39 is 17.5 Å². The monoisotopic (exact) mass is 257 g/mol. The highest BCUT2D eigenvalue weighted by Gasteiger charge is 2.39. The molecule has 1 fully saturated rings. The van der Waals surface area contributed by atoms with Gasteiger partial charge in [0.1, 0.15) is 0 Å². The Morgan fingerprint density at radius 1 is 1.28 bits per heavy atom. The molecule has 2 N–H and O–H groups in total. The molecule has 1 saturated carbocycles. The average molecular weight is 257 g/mol. The Morgan fingerprint density at radius 2 is 1.94 bits per heavy atom. The van der Waals surface area contributed by atoms with E-state index in [1.807, 2.05) is 6.92 Å². The number of unbranched alkanes of at least 4 members (excludes halogenated alkanes) is 1. The Balaban J connectivity index is 2.38. The van der Waals surface area contributed by atoms with Crippen LogP contribution in [0.3, 0.4) is 0 Å². The van der Waals surface area contributed by atoms with Crippen molar-refractivity contribution in [2.45, 2.75) is 51.9 Å². The summed E-state index contributed by atoms with van der Waals surface area (Å²) in [5.41, 5.74) is -0.790. The number of amides is 1. The van der Waals surface area contributed by atoms with Crippen LogP contribution in [0.15, 0.2) is 0 Å². The number of carbonyl (C=O) groups is 2. The third kappa shape index (κ3) is 4.20. The van der Waals surface area contributed by atoms with E-state index in [0.717, 1.165) is 32.1 Å². The quantitative estimate of drug-likeness (QED) is 0.717. The molecule has 18 heavy (non-hydrogen) atoms. The van der Waals surface area contributed by atoms with Crippen molar-refractivity contribution in [1.82, 2.24) is 5.32 Å². The summed E-state index contributed by atoms with van der Waals surface area (Å²) in [5, 5.41) is 11.9. The van der Waals surface area contributed by atoms with Gasteiger partial charge in [-0.25, -0.2) is 4.79 Å². The number of carboxylic acids is 1. The number of aliphatic carboxylic acids is 1. The summed E-state index contributed by atoms with van der Waals surface area (Å²) in [6, 6.07) is 0. The van der Waals surface area contributed by atoms with E-state index in [4.69, 9.17) is 4.74 Å². The smallest absolute Gasteiger partial charge is 0.407 e. The van der Waals surface area contributed by atoms with E-state index >= 15 is 0 Å². The van der Waals surface area contributed by atoms with Crippen LogP contribution in [0, 0.1) is 5.41 Å². The topological polar surface area (TPSA) is 75.6 Å². The molecule has 0 aliphatic heterocycles. The van der Waals surface area contributed by atoms with E-state index in [-0.39, 0.29) is 6.54 Å². The van der Waals surface area contributed by atoms with Gasteiger partial charge in [0, 0.05) is 6.54 Å². The van der Waals surface area contributed by atoms with Gasteiger partial charge >= 0.3 is 12.1 Å². The lowest BCUT2D eigenvalue weighted by Gasteiger charge is -2.32. The van der Waals surface area contributed by atoms with Crippen molar-refractivity contribution in [3.05, 3.63) is 0 Å². The summed E-state index contributed by atoms with van der Waals surface area (Å²) in [5.74, 6) is -0.809. The van der Waals surface area contributed by atoms with E-state index in [9.17, 15) is 14.7 Å². The predicted octanol–water partition coefficient (Wildman–Crippen LogP) is 2.55. The maximum absolute atomic E-state index is 11.4. The number of rotatable bonds is 6. The lowest BCUT2D eigenvalue weighted by atomic mass is 9.74. The average Bonchev–Trinajstić information content (AvgIpc) is 2.37. The first kappa shape index (κ1) is 14.8. The molecule has 104 valence electrons. The van der Waals surface area contributed by atoms with E-state index in [1.165, 1.54) is 0 Å². The minimum Gasteiger partial charge on any atom is -0.481 e. The first-order valence-corrected chi connectivity index (χ1v) is 6.75. The van der Waals surface area contributed by atoms with Crippen LogP contribution in [0.4, 0.5) is 4.79 Å². The lowest BCUT2D eigenvalue weighted by molar-refractivity contribution is -0.150. The first-order chi connectivity index (χ1) is 8.60. The van der Waals surface area contributed by atoms with Gasteiger partial charge in [-0.05, 0) is 19.3 Å². The second-order valence-electron chi connectivity index (χ2n) is 4.99. The largest absolute Gasteiger partial charge is 0.481 e. The Morgan fingerprint density at radius 3 is 2.50 bits per heavy atom. The first-order valence-electron chi connectivity index (χ1n) is 6.75. The standard InChI is InChI=1S/C13H23NO4/c1-2-3-9-18-12(17)14-10-13(11(15)16)7-5-4-6-8-13/h2-10H2,1H3,(H,14,17)(H,15,16). The van der Waals surface area contributed by atoms with Crippen LogP contribution < -0.4 is 5.32 Å². The number of carboxylic acid groups (broad SMARTS) is 1. The maximum atomic E-state index is 11.4. The fourth-order valence-electron chi connectivity index (χ4n) is 2.30. The molecule has 5 heteroatoms. The van der Waals surface area contributed by atoms with Crippen molar-refractivity contribution in [3.63, 3.8) is 0 Å². The van der Waals surface area contributed by atoms with Crippen molar-refractivity contribution >= 4 is 12.1 Å². The van der Waals surface area contributed by atoms with Crippen molar-refractivity contribution < 1.29 is 19.4 Å². The molecule has 1 aliphatic carbocycles. The molecule has 0 saturated heterocycles. The SMILES string of the molecule is CCCCOC(=O)NCC1(C(=O)O)CCCCC1. The molecule has 0 aromatic rings. The van der Waals surface area contributed by atoms with Crippen molar-refractivity contribution in [1.29, 1.82) is 0 Å². The van der Waals surface area contributed by atoms with Crippen LogP contribution in [0.2, 0.25) is 0 Å². The lowest BCUT2D eigenvalue weighted by Crippen LogP contribution is -2.44. The van der Waals surface area contributed by atoms with Gasteiger partial charge in [-0.1, -0.05) is 32.6 Å². The van der Waals surface area contributed by atoms with Gasteiger partial charge in [0.15, 0.2) is 0 Å². The summed E-state index contributed by atoms with van der Waals surface area (Å²) in [7, 11) is 0. The molecule has 0 bridgehead atoms. The molecule has 5 nitrogen and oxygen atoms in total. The molecule has 0 spiro atoms. The maximum Gasteiger partial charge on any atom is 0.407 e. The highest BCUT2D eigenvalue weighted by Crippen LogP contribution is 2.35. The molecule has 0 atom stereocenters. The Bertz CT molecular complexity index is 285. The number of nitrogens with one attached hydrogen (secondary N) is 1. The van der Waals surface area contributed by atoms with Gasteiger partial charge in [0.2, 0.25) is 0 Å². The van der Waals surface area contributed by atoms with Crippen LogP contribution in [-0.2, 0) is 9.53 Å². The van der Waals surface area contributed by atoms with Crippen molar-refractivity contribution in [2.75, 3.05) is 13.2 Å². The molecule has 0 aromatic carbocycles. The number of alkyl carbamates (subject to hydrolysis) is 1. The third-order valence-electron chi connectivity index (χ3n) is 3.57. The summed E-state index contributed by atoms with van der Waals surface area (Å²) in [6.45, 7) is 2.58. The Labute approximate surface area is 108 Å². The van der Waals surface area contributed by atoms with E-state index in [0.29, 0.717) is 19.4 Å². The second kappa shape index (κ2) is 7.24. The highest BCUT2D eigenvalue weighted by molar-refractivity contribution is 5.76. The zero-order chi connectivity index (χ0) is 13.4. The minimum atomic E-state index is -0.809. The fraction of sp³-hybridized carbons (Fsp3) is 0.846. The minimum absolute atomic E-state index is 0.174. The van der Waals surface area contributed by atoms with Crippen LogP contribution in [0.1, 0.15) is 51.9 Å². The van der Waals surface area contributed by atoms with Crippen LogP contribution in [-0.4, -0.2) is 30.3 Å². The Hall–Kier alpha value is -1.26. The second-order valence-corrected chi connectivity index (χ2v) is 4.99. The fourth-order valence-corrected chi connectivity index (χ4v) is 2.30. The molecule has 0 aromatic heterocycles. The van der Waals surface area contributed by atoms with Crippen LogP contribution in [0.5, 0.6) is 0 Å². The number of hydrogen-bond acceptors (Lipinski definition) is 3. The molecule has 1 amide bonds. The van der Waals surface area contributed by atoms with Crippen LogP contribution in [0.25, 0.3) is 0 Å². The van der Waals surface area contributed by atoms with Gasteiger partial charge in [0.25, 0.3) is 0 Å². The number of hydrogen-bond donors (Lipinski definition) is 2. The van der Waals surface area contributed by atoms with Gasteiger partial charge in [0.05, 0.1) is 12.0 Å². The van der Waals surface area contributed by atoms with Crippen molar-refractivity contribution in [2.24, 2.45) is 5.41 Å². The van der Waals surface area contributed by atoms with Gasteiger partial charge < -0.3 is 15.2 Å². The van der Waals surface area contributed by atoms with E-state index in [1.54, 1.807) is 0 Å². The normalized spacial score (nSPS) is 18.1. The molecule has 0 unspecified atom stereocenters. The summed E-state index contributed by atoms with van der Waals surface area (Å²) < 4.78 is 4.96. The van der Waals surface area contributed by atoms with Crippen molar-refractivity contribution in [3.8, 4) is 0 Å². The molecule has 0 radical (unpaired) electrons. The zero-order valence-electron chi connectivity index (χ0n) is 11.0. The van der Waals surface area contributed by atoms with Gasteiger partial charge in [-0.2, -0.15) is 0 Å². The van der Waals surface area contributed by atoms with Crippen LogP contribution >= 0.6 is 0 Å². The summed E-state index contributed by atoms with van der Waals surface area (Å²) in [6.07, 6.45) is 5.47. The highest BCUT2D eigenvalue weighted by atomic mass is 16.5. The summed E-state index contributed by atoms with van der Waals surface area (Å²) in [4.78, 5) is 22.8. The predicted molar refractivity (Wildman–Crippen MR) is 67.4 cm³/mol. The zero-order valence-corrected chi connectivity index (χ0v) is 11.0. The number of ether oxygens (including phenoxy) is 1. The molecule has 1 rings (SSSR count). The van der Waals surface area contributed by atoms with E-state index in [2.05, 4.69) is 5.32 Å². The third-order valence-corrected chi connectivity index (χ3v) is 3.57. The Kier molecular flexibility index (Phi) is 5.95. The molecular weight excluding hydrogens is 234 g/mol. The molecule has 0 heterocycles.